The van der Waals surface area contributed by atoms with E-state index in [2.05, 4.69) is 6.58 Å². The predicted octanol–water partition coefficient (Wildman–Crippen LogP) is 0.867. The Kier molecular flexibility index (Phi) is 1.47. The van der Waals surface area contributed by atoms with Crippen LogP contribution in [-0.4, -0.2) is 19.7 Å². The molecule has 0 spiro atoms. The zero-order valence-electron chi connectivity index (χ0n) is 5.64. The molecule has 0 amide bonds. The number of rotatable bonds is 1. The summed E-state index contributed by atoms with van der Waals surface area (Å²) in [5, 5.41) is 0. The monoisotopic (exact) mass is 130 g/mol. The molecule has 1 unspecified atom stereocenters. The molecule has 0 N–H and O–H groups in total. The Labute approximate surface area is 54.2 Å². The van der Waals surface area contributed by atoms with E-state index in [-0.39, 0.29) is 0 Å². The van der Waals surface area contributed by atoms with Crippen LogP contribution >= 0.6 is 0 Å². The van der Waals surface area contributed by atoms with Crippen LogP contribution in [0.25, 0.3) is 0 Å². The fourth-order valence-electron chi connectivity index (χ4n) is 0.633. The van der Waals surface area contributed by atoms with E-state index in [1.54, 1.807) is 6.92 Å². The van der Waals surface area contributed by atoms with Crippen LogP contribution in [0, 0.1) is 0 Å². The lowest BCUT2D eigenvalue weighted by Crippen LogP contribution is -2.27. The number of methoxy groups -OCH3 is 1. The van der Waals surface area contributed by atoms with Gasteiger partial charge in [-0.1, -0.05) is 6.58 Å². The Morgan fingerprint density at radius 2 is 2.44 bits per heavy atom. The second-order valence-corrected chi connectivity index (χ2v) is 2.00. The van der Waals surface area contributed by atoms with Crippen LogP contribution in [0.5, 0.6) is 0 Å². The van der Waals surface area contributed by atoms with Gasteiger partial charge in [-0.3, -0.25) is 0 Å². The first-order valence-electron chi connectivity index (χ1n) is 2.72. The zero-order chi connectivity index (χ0) is 6.91. The standard InChI is InChI=1S/C6H10O3/c1-5-4-8-6(2,7-3)9-5/h1,4H2,2-3H3. The van der Waals surface area contributed by atoms with Crippen molar-refractivity contribution in [2.24, 2.45) is 0 Å². The van der Waals surface area contributed by atoms with Crippen molar-refractivity contribution < 1.29 is 14.2 Å². The van der Waals surface area contributed by atoms with Gasteiger partial charge in [0, 0.05) is 14.0 Å². The molecule has 1 rings (SSSR count). The first-order chi connectivity index (χ1) is 4.16. The summed E-state index contributed by atoms with van der Waals surface area (Å²) in [5.74, 6) is -0.281. The third-order valence-electron chi connectivity index (χ3n) is 1.20. The average Bonchev–Trinajstić information content (AvgIpc) is 2.13. The minimum Gasteiger partial charge on any atom is -0.442 e. The summed E-state index contributed by atoms with van der Waals surface area (Å²) in [7, 11) is 1.53. The van der Waals surface area contributed by atoms with Gasteiger partial charge in [-0.2, -0.15) is 0 Å². The minimum atomic E-state index is -0.892. The molecule has 0 aromatic carbocycles. The average molecular weight is 130 g/mol. The third kappa shape index (κ3) is 1.23. The van der Waals surface area contributed by atoms with Gasteiger partial charge in [-0.25, -0.2) is 0 Å². The summed E-state index contributed by atoms with van der Waals surface area (Å²) < 4.78 is 15.0. The molecule has 1 fully saturated rings. The van der Waals surface area contributed by atoms with Gasteiger partial charge >= 0.3 is 5.97 Å². The third-order valence-corrected chi connectivity index (χ3v) is 1.20. The van der Waals surface area contributed by atoms with Crippen molar-refractivity contribution in [1.82, 2.24) is 0 Å². The molecule has 0 aromatic rings. The van der Waals surface area contributed by atoms with E-state index in [1.807, 2.05) is 0 Å². The van der Waals surface area contributed by atoms with Crippen LogP contribution < -0.4 is 0 Å². The van der Waals surface area contributed by atoms with Crippen LogP contribution in [0.3, 0.4) is 0 Å². The van der Waals surface area contributed by atoms with Gasteiger partial charge in [0.25, 0.3) is 0 Å². The smallest absolute Gasteiger partial charge is 0.323 e. The molecule has 1 heterocycles. The van der Waals surface area contributed by atoms with E-state index in [4.69, 9.17) is 14.2 Å². The Morgan fingerprint density at radius 3 is 2.67 bits per heavy atom. The first kappa shape index (κ1) is 6.58. The molecule has 1 saturated heterocycles. The van der Waals surface area contributed by atoms with E-state index in [1.165, 1.54) is 7.11 Å². The van der Waals surface area contributed by atoms with Crippen LogP contribution in [0.1, 0.15) is 6.92 Å². The van der Waals surface area contributed by atoms with Gasteiger partial charge < -0.3 is 14.2 Å². The molecule has 1 aliphatic heterocycles. The SMILES string of the molecule is C=C1COC(C)(OC)O1. The van der Waals surface area contributed by atoms with Crippen molar-refractivity contribution in [3.8, 4) is 0 Å². The summed E-state index contributed by atoms with van der Waals surface area (Å²) in [6.45, 7) is 5.69. The fraction of sp³-hybridized carbons (Fsp3) is 0.667. The molecule has 0 aromatic heterocycles. The maximum atomic E-state index is 5.06. The molecule has 52 valence electrons. The lowest BCUT2D eigenvalue weighted by atomic mass is 10.6. The first-order valence-corrected chi connectivity index (χ1v) is 2.72. The van der Waals surface area contributed by atoms with Crippen LogP contribution in [0.15, 0.2) is 12.3 Å². The van der Waals surface area contributed by atoms with E-state index in [0.29, 0.717) is 12.4 Å². The van der Waals surface area contributed by atoms with Crippen molar-refractivity contribution in [2.75, 3.05) is 13.7 Å². The Morgan fingerprint density at radius 1 is 1.78 bits per heavy atom. The molecular formula is C6H10O3. The van der Waals surface area contributed by atoms with Crippen LogP contribution in [0.2, 0.25) is 0 Å². The van der Waals surface area contributed by atoms with Crippen LogP contribution in [-0.2, 0) is 14.2 Å². The maximum absolute atomic E-state index is 5.06. The predicted molar refractivity (Wildman–Crippen MR) is 31.6 cm³/mol. The Balaban J connectivity index is 2.54. The van der Waals surface area contributed by atoms with Crippen molar-refractivity contribution in [2.45, 2.75) is 12.9 Å². The molecule has 0 saturated carbocycles. The molecule has 0 aliphatic carbocycles. The largest absolute Gasteiger partial charge is 0.442 e. The minimum absolute atomic E-state index is 0.421. The van der Waals surface area contributed by atoms with Gasteiger partial charge in [0.2, 0.25) is 0 Å². The lowest BCUT2D eigenvalue weighted by molar-refractivity contribution is -0.300. The molecule has 3 nitrogen and oxygen atoms in total. The van der Waals surface area contributed by atoms with Crippen molar-refractivity contribution in [1.29, 1.82) is 0 Å². The fourth-order valence-corrected chi connectivity index (χ4v) is 0.633. The van der Waals surface area contributed by atoms with E-state index in [0.717, 1.165) is 0 Å². The van der Waals surface area contributed by atoms with Gasteiger partial charge in [0.1, 0.15) is 12.4 Å². The van der Waals surface area contributed by atoms with Crippen molar-refractivity contribution in [3.05, 3.63) is 12.3 Å². The van der Waals surface area contributed by atoms with E-state index >= 15 is 0 Å². The molecule has 0 radical (unpaired) electrons. The maximum Gasteiger partial charge on any atom is 0.323 e. The second-order valence-electron chi connectivity index (χ2n) is 2.00. The summed E-state index contributed by atoms with van der Waals surface area (Å²) in [6, 6.07) is 0. The molecule has 3 heteroatoms. The highest BCUT2D eigenvalue weighted by molar-refractivity contribution is 4.88. The normalized spacial score (nSPS) is 34.7. The summed E-state index contributed by atoms with van der Waals surface area (Å²) in [6.07, 6.45) is 0. The number of ether oxygens (including phenoxy) is 3. The number of hydrogen-bond acceptors (Lipinski definition) is 3. The molecule has 0 bridgehead atoms. The highest BCUT2D eigenvalue weighted by Crippen LogP contribution is 2.24. The van der Waals surface area contributed by atoms with Crippen LogP contribution in [0.4, 0.5) is 0 Å². The number of hydrogen-bond donors (Lipinski definition) is 0. The molecule has 1 atom stereocenters. The van der Waals surface area contributed by atoms with Crippen molar-refractivity contribution >= 4 is 0 Å². The van der Waals surface area contributed by atoms with E-state index in [9.17, 15) is 0 Å². The van der Waals surface area contributed by atoms with Gasteiger partial charge in [-0.15, -0.1) is 0 Å². The summed E-state index contributed by atoms with van der Waals surface area (Å²) >= 11 is 0. The summed E-state index contributed by atoms with van der Waals surface area (Å²) in [4.78, 5) is 0. The van der Waals surface area contributed by atoms with Crippen molar-refractivity contribution in [3.63, 3.8) is 0 Å². The zero-order valence-corrected chi connectivity index (χ0v) is 5.64. The lowest BCUT2D eigenvalue weighted by Gasteiger charge is -2.18. The van der Waals surface area contributed by atoms with Gasteiger partial charge in [0.05, 0.1) is 0 Å². The van der Waals surface area contributed by atoms with Gasteiger partial charge in [0.15, 0.2) is 0 Å². The van der Waals surface area contributed by atoms with E-state index < -0.39 is 5.97 Å². The second kappa shape index (κ2) is 2.01. The molecular weight excluding hydrogens is 120 g/mol. The Bertz CT molecular complexity index is 132. The topological polar surface area (TPSA) is 27.7 Å². The Hall–Kier alpha value is -0.540. The molecule has 1 aliphatic rings. The van der Waals surface area contributed by atoms with Gasteiger partial charge in [-0.05, 0) is 0 Å². The summed E-state index contributed by atoms with van der Waals surface area (Å²) in [5.41, 5.74) is 0. The highest BCUT2D eigenvalue weighted by Gasteiger charge is 2.33. The molecule has 9 heavy (non-hydrogen) atoms. The quantitative estimate of drug-likeness (QED) is 0.527. The highest BCUT2D eigenvalue weighted by atomic mass is 16.9.